The Balaban J connectivity index is 2.13. The summed E-state index contributed by atoms with van der Waals surface area (Å²) in [5.74, 6) is 0. The lowest BCUT2D eigenvalue weighted by molar-refractivity contribution is 0.293. The van der Waals surface area contributed by atoms with Gasteiger partial charge in [0, 0.05) is 12.1 Å². The van der Waals surface area contributed by atoms with Crippen molar-refractivity contribution in [2.24, 2.45) is 0 Å². The maximum Gasteiger partial charge on any atom is 0.179 e. The van der Waals surface area contributed by atoms with E-state index in [4.69, 9.17) is 5.26 Å². The molecule has 2 aliphatic heterocycles. The van der Waals surface area contributed by atoms with Crippen LogP contribution in [0.3, 0.4) is 0 Å². The van der Waals surface area contributed by atoms with Gasteiger partial charge >= 0.3 is 0 Å². The van der Waals surface area contributed by atoms with Crippen LogP contribution in [0, 0.1) is 11.5 Å². The number of nitriles is 1. The van der Waals surface area contributed by atoms with Gasteiger partial charge < -0.3 is 4.90 Å². The Morgan fingerprint density at radius 3 is 2.00 bits per heavy atom. The van der Waals surface area contributed by atoms with Crippen molar-refractivity contribution in [2.75, 3.05) is 0 Å². The maximum atomic E-state index is 8.87. The molecule has 2 heteroatoms. The van der Waals surface area contributed by atoms with Crippen molar-refractivity contribution in [1.82, 2.24) is 4.90 Å². The molecule has 0 aromatic carbocycles. The van der Waals surface area contributed by atoms with Crippen LogP contribution in [0.2, 0.25) is 0 Å². The van der Waals surface area contributed by atoms with Crippen LogP contribution in [0.1, 0.15) is 38.5 Å². The minimum atomic E-state index is 0.604. The number of hydrogen-bond acceptors (Lipinski definition) is 2. The van der Waals surface area contributed by atoms with E-state index in [2.05, 4.69) is 6.19 Å². The first kappa shape index (κ1) is 6.97. The Morgan fingerprint density at radius 1 is 1.00 bits per heavy atom. The molecule has 2 heterocycles. The van der Waals surface area contributed by atoms with E-state index in [0.29, 0.717) is 12.1 Å². The molecule has 0 aromatic rings. The van der Waals surface area contributed by atoms with Gasteiger partial charge in [-0.15, -0.1) is 0 Å². The standard InChI is InChI=1S/C9H14N2/c10-7-11-8-3-1-2-4-9(11)6-5-8/h8-9H,1-6H2/t8-,9+. The Hall–Kier alpha value is -0.710. The predicted octanol–water partition coefficient (Wildman–Crippen LogP) is 1.87. The van der Waals surface area contributed by atoms with Gasteiger partial charge in [0.25, 0.3) is 0 Å². The molecular weight excluding hydrogens is 136 g/mol. The summed E-state index contributed by atoms with van der Waals surface area (Å²) in [7, 11) is 0. The molecule has 0 N–H and O–H groups in total. The third-order valence-corrected chi connectivity index (χ3v) is 3.06. The molecule has 2 aliphatic rings. The summed E-state index contributed by atoms with van der Waals surface area (Å²) in [5, 5.41) is 8.87. The second-order valence-corrected chi connectivity index (χ2v) is 3.68. The fourth-order valence-corrected chi connectivity index (χ4v) is 2.45. The minimum Gasteiger partial charge on any atom is -0.305 e. The fraction of sp³-hybridized carbons (Fsp3) is 0.889. The second-order valence-electron chi connectivity index (χ2n) is 3.68. The third-order valence-electron chi connectivity index (χ3n) is 3.06. The molecule has 2 fully saturated rings. The highest BCUT2D eigenvalue weighted by Gasteiger charge is 2.33. The largest absolute Gasteiger partial charge is 0.305 e. The van der Waals surface area contributed by atoms with E-state index >= 15 is 0 Å². The Labute approximate surface area is 67.8 Å². The lowest BCUT2D eigenvalue weighted by Crippen LogP contribution is -2.29. The third kappa shape index (κ3) is 1.09. The first-order valence-electron chi connectivity index (χ1n) is 4.60. The van der Waals surface area contributed by atoms with Crippen molar-refractivity contribution in [1.29, 1.82) is 5.26 Å². The van der Waals surface area contributed by atoms with E-state index in [-0.39, 0.29) is 0 Å². The number of fused-ring (bicyclic) bond motifs is 2. The van der Waals surface area contributed by atoms with Crippen LogP contribution in [0.4, 0.5) is 0 Å². The van der Waals surface area contributed by atoms with Crippen LogP contribution in [0.15, 0.2) is 0 Å². The molecule has 0 amide bonds. The van der Waals surface area contributed by atoms with E-state index in [1.807, 2.05) is 4.90 Å². The number of hydrogen-bond donors (Lipinski definition) is 0. The zero-order valence-electron chi connectivity index (χ0n) is 6.79. The van der Waals surface area contributed by atoms with E-state index in [1.165, 1.54) is 38.5 Å². The molecule has 0 aliphatic carbocycles. The van der Waals surface area contributed by atoms with Crippen molar-refractivity contribution in [3.8, 4) is 6.19 Å². The van der Waals surface area contributed by atoms with Crippen LogP contribution in [0.25, 0.3) is 0 Å². The SMILES string of the molecule is N#CN1[C@@H]2CCCC[C@H]1CC2. The van der Waals surface area contributed by atoms with E-state index < -0.39 is 0 Å². The lowest BCUT2D eigenvalue weighted by Gasteiger charge is -2.20. The quantitative estimate of drug-likeness (QED) is 0.493. The molecule has 0 unspecified atom stereocenters. The molecule has 0 spiro atoms. The Morgan fingerprint density at radius 2 is 1.55 bits per heavy atom. The molecule has 0 radical (unpaired) electrons. The van der Waals surface area contributed by atoms with Gasteiger partial charge in [-0.2, -0.15) is 5.26 Å². The molecule has 2 nitrogen and oxygen atoms in total. The van der Waals surface area contributed by atoms with Crippen molar-refractivity contribution in [3.05, 3.63) is 0 Å². The first-order valence-corrected chi connectivity index (χ1v) is 4.60. The van der Waals surface area contributed by atoms with E-state index in [1.54, 1.807) is 0 Å². The summed E-state index contributed by atoms with van der Waals surface area (Å²) < 4.78 is 0. The smallest absolute Gasteiger partial charge is 0.179 e. The van der Waals surface area contributed by atoms with Gasteiger partial charge in [-0.05, 0) is 25.7 Å². The molecule has 60 valence electrons. The normalized spacial score (nSPS) is 36.5. The summed E-state index contributed by atoms with van der Waals surface area (Å²) in [6, 6.07) is 1.21. The van der Waals surface area contributed by atoms with E-state index in [0.717, 1.165) is 0 Å². The molecule has 0 aromatic heterocycles. The van der Waals surface area contributed by atoms with Crippen molar-refractivity contribution >= 4 is 0 Å². The van der Waals surface area contributed by atoms with Crippen molar-refractivity contribution in [2.45, 2.75) is 50.6 Å². The zero-order valence-corrected chi connectivity index (χ0v) is 6.79. The van der Waals surface area contributed by atoms with Gasteiger partial charge in [-0.25, -0.2) is 0 Å². The number of nitrogens with zero attached hydrogens (tertiary/aromatic N) is 2. The van der Waals surface area contributed by atoms with Crippen LogP contribution >= 0.6 is 0 Å². The van der Waals surface area contributed by atoms with Crippen molar-refractivity contribution < 1.29 is 0 Å². The number of rotatable bonds is 0. The summed E-state index contributed by atoms with van der Waals surface area (Å²) >= 11 is 0. The summed E-state index contributed by atoms with van der Waals surface area (Å²) in [6.45, 7) is 0. The van der Waals surface area contributed by atoms with Crippen LogP contribution in [-0.2, 0) is 0 Å². The van der Waals surface area contributed by atoms with Gasteiger partial charge in [-0.1, -0.05) is 12.8 Å². The average molecular weight is 150 g/mol. The Bertz CT molecular complexity index is 168. The molecule has 2 rings (SSSR count). The minimum absolute atomic E-state index is 0.604. The highest BCUT2D eigenvalue weighted by atomic mass is 15.2. The molecule has 2 saturated heterocycles. The first-order chi connectivity index (χ1) is 5.42. The molecule has 0 saturated carbocycles. The van der Waals surface area contributed by atoms with Gasteiger partial charge in [0.2, 0.25) is 0 Å². The average Bonchev–Trinajstić information content (AvgIpc) is 2.23. The zero-order chi connectivity index (χ0) is 7.68. The lowest BCUT2D eigenvalue weighted by atomic mass is 10.0. The molecular formula is C9H14N2. The van der Waals surface area contributed by atoms with Crippen LogP contribution in [-0.4, -0.2) is 17.0 Å². The summed E-state index contributed by atoms with van der Waals surface area (Å²) in [6.07, 6.45) is 10.0. The topological polar surface area (TPSA) is 27.0 Å². The van der Waals surface area contributed by atoms with Gasteiger partial charge in [0.1, 0.15) is 0 Å². The molecule has 11 heavy (non-hydrogen) atoms. The predicted molar refractivity (Wildman–Crippen MR) is 42.7 cm³/mol. The van der Waals surface area contributed by atoms with E-state index in [9.17, 15) is 0 Å². The van der Waals surface area contributed by atoms with Gasteiger partial charge in [0.05, 0.1) is 0 Å². The molecule has 2 bridgehead atoms. The fourth-order valence-electron chi connectivity index (χ4n) is 2.45. The maximum absolute atomic E-state index is 8.87. The van der Waals surface area contributed by atoms with Crippen LogP contribution in [0.5, 0.6) is 0 Å². The monoisotopic (exact) mass is 150 g/mol. The second kappa shape index (κ2) is 2.73. The molecule has 2 atom stereocenters. The summed E-state index contributed by atoms with van der Waals surface area (Å²) in [5.41, 5.74) is 0. The van der Waals surface area contributed by atoms with Gasteiger partial charge in [-0.3, -0.25) is 0 Å². The highest BCUT2D eigenvalue weighted by molar-refractivity contribution is 4.96. The van der Waals surface area contributed by atoms with Crippen LogP contribution < -0.4 is 0 Å². The van der Waals surface area contributed by atoms with Crippen molar-refractivity contribution in [3.63, 3.8) is 0 Å². The highest BCUT2D eigenvalue weighted by Crippen LogP contribution is 2.33. The van der Waals surface area contributed by atoms with Gasteiger partial charge in [0.15, 0.2) is 6.19 Å². The Kier molecular flexibility index (Phi) is 1.73. The summed E-state index contributed by atoms with van der Waals surface area (Å²) in [4.78, 5) is 2.05.